The summed E-state index contributed by atoms with van der Waals surface area (Å²) in [7, 11) is 0. The lowest BCUT2D eigenvalue weighted by atomic mass is 9.77. The van der Waals surface area contributed by atoms with Crippen molar-refractivity contribution in [1.29, 1.82) is 5.26 Å². The molecule has 66 valence electrons. The highest BCUT2D eigenvalue weighted by molar-refractivity contribution is 5.91. The van der Waals surface area contributed by atoms with E-state index >= 15 is 0 Å². The molecule has 0 heterocycles. The van der Waals surface area contributed by atoms with Crippen LogP contribution in [0, 0.1) is 17.2 Å². The maximum atomic E-state index is 11.0. The number of carbonyl (C=O) groups excluding carboxylic acids is 1. The van der Waals surface area contributed by atoms with E-state index in [1.54, 1.807) is 6.08 Å². The Labute approximate surface area is 73.9 Å². The number of nitrogens with zero attached hydrogens (tertiary/aromatic N) is 1. The number of rotatable bonds is 0. The van der Waals surface area contributed by atoms with Gasteiger partial charge in [-0.15, -0.1) is 0 Å². The minimum Gasteiger partial charge on any atom is -0.512 e. The SMILES string of the molecule is CC1=CC(=O)CC(C)(C)C1.[C-]#N. The molecule has 1 aliphatic carbocycles. The van der Waals surface area contributed by atoms with E-state index in [9.17, 15) is 4.79 Å². The molecule has 0 aliphatic heterocycles. The topological polar surface area (TPSA) is 40.9 Å². The van der Waals surface area contributed by atoms with Gasteiger partial charge in [-0.25, -0.2) is 0 Å². The highest BCUT2D eigenvalue weighted by atomic mass is 16.1. The second kappa shape index (κ2) is 4.06. The van der Waals surface area contributed by atoms with Gasteiger partial charge in [-0.2, -0.15) is 0 Å². The third-order valence-electron chi connectivity index (χ3n) is 1.82. The molecule has 0 radical (unpaired) electrons. The number of hydrogen-bond donors (Lipinski definition) is 0. The van der Waals surface area contributed by atoms with Gasteiger partial charge in [0, 0.05) is 6.42 Å². The van der Waals surface area contributed by atoms with E-state index in [2.05, 4.69) is 13.8 Å². The molecule has 2 nitrogen and oxygen atoms in total. The van der Waals surface area contributed by atoms with E-state index in [1.807, 2.05) is 6.92 Å². The van der Waals surface area contributed by atoms with Crippen LogP contribution in [-0.4, -0.2) is 5.78 Å². The fourth-order valence-corrected chi connectivity index (χ4v) is 1.67. The standard InChI is InChI=1S/C9H14O.CN/c1-7-4-8(10)6-9(2,3)5-7;1-2/h4H,5-6H2,1-3H3;/q;-1. The lowest BCUT2D eigenvalue weighted by molar-refractivity contribution is -0.117. The van der Waals surface area contributed by atoms with Crippen molar-refractivity contribution in [2.24, 2.45) is 5.41 Å². The summed E-state index contributed by atoms with van der Waals surface area (Å²) in [5.74, 6) is 0.286. The van der Waals surface area contributed by atoms with Gasteiger partial charge in [0.1, 0.15) is 0 Å². The molecule has 0 saturated carbocycles. The Morgan fingerprint density at radius 2 is 1.92 bits per heavy atom. The zero-order chi connectivity index (χ0) is 9.78. The molecule has 0 fully saturated rings. The molecular weight excluding hydrogens is 150 g/mol. The summed E-state index contributed by atoms with van der Waals surface area (Å²) in [6, 6.07) is 0. The maximum absolute atomic E-state index is 11.0. The molecular formula is C10H14NO-. The Hall–Kier alpha value is -1.10. The van der Waals surface area contributed by atoms with Crippen LogP contribution in [0.3, 0.4) is 0 Å². The number of carbonyl (C=O) groups is 1. The van der Waals surface area contributed by atoms with Crippen molar-refractivity contribution in [2.45, 2.75) is 33.6 Å². The largest absolute Gasteiger partial charge is 0.512 e. The van der Waals surface area contributed by atoms with Crippen molar-refractivity contribution in [3.8, 4) is 0 Å². The second-order valence-corrected chi connectivity index (χ2v) is 3.97. The quantitative estimate of drug-likeness (QED) is 0.516. The fourth-order valence-electron chi connectivity index (χ4n) is 1.67. The highest BCUT2D eigenvalue weighted by Crippen LogP contribution is 2.32. The van der Waals surface area contributed by atoms with Gasteiger partial charge in [0.2, 0.25) is 0 Å². The van der Waals surface area contributed by atoms with E-state index in [4.69, 9.17) is 11.8 Å². The van der Waals surface area contributed by atoms with Crippen LogP contribution >= 0.6 is 0 Å². The molecule has 0 atom stereocenters. The Balaban J connectivity index is 0.000000561. The molecule has 0 aromatic heterocycles. The summed E-state index contributed by atoms with van der Waals surface area (Å²) in [6.07, 6.45) is 3.55. The molecule has 1 rings (SSSR count). The first kappa shape index (κ1) is 10.9. The summed E-state index contributed by atoms with van der Waals surface area (Å²) in [4.78, 5) is 11.0. The van der Waals surface area contributed by atoms with Crippen molar-refractivity contribution >= 4 is 5.78 Å². The van der Waals surface area contributed by atoms with Crippen LogP contribution in [0.15, 0.2) is 11.6 Å². The average molecular weight is 164 g/mol. The zero-order valence-electron chi connectivity index (χ0n) is 7.85. The monoisotopic (exact) mass is 164 g/mol. The Morgan fingerprint density at radius 3 is 2.25 bits per heavy atom. The van der Waals surface area contributed by atoms with E-state index in [1.165, 1.54) is 5.57 Å². The van der Waals surface area contributed by atoms with Gasteiger partial charge in [-0.1, -0.05) is 19.4 Å². The Kier molecular flexibility index (Phi) is 3.69. The van der Waals surface area contributed by atoms with Crippen LogP contribution in [0.4, 0.5) is 0 Å². The van der Waals surface area contributed by atoms with Crippen molar-refractivity contribution in [1.82, 2.24) is 0 Å². The summed E-state index contributed by atoms with van der Waals surface area (Å²) in [6.45, 7) is 11.1. The minimum absolute atomic E-state index is 0.204. The van der Waals surface area contributed by atoms with Gasteiger partial charge in [0.25, 0.3) is 0 Å². The molecule has 0 amide bonds. The van der Waals surface area contributed by atoms with Gasteiger partial charge in [0.15, 0.2) is 5.78 Å². The van der Waals surface area contributed by atoms with E-state index in [0.29, 0.717) is 6.42 Å². The Bertz CT molecular complexity index is 223. The van der Waals surface area contributed by atoms with E-state index in [-0.39, 0.29) is 11.2 Å². The summed E-state index contributed by atoms with van der Waals surface area (Å²) >= 11 is 0. The van der Waals surface area contributed by atoms with Crippen LogP contribution in [-0.2, 0) is 4.79 Å². The van der Waals surface area contributed by atoms with Gasteiger partial charge < -0.3 is 11.8 Å². The number of ketones is 1. The van der Waals surface area contributed by atoms with Crippen molar-refractivity contribution in [2.75, 3.05) is 0 Å². The van der Waals surface area contributed by atoms with E-state index in [0.717, 1.165) is 6.42 Å². The molecule has 0 aromatic rings. The highest BCUT2D eigenvalue weighted by Gasteiger charge is 2.25. The first-order valence-electron chi connectivity index (χ1n) is 3.92. The van der Waals surface area contributed by atoms with Crippen LogP contribution in [0.1, 0.15) is 33.6 Å². The maximum Gasteiger partial charge on any atom is 0.156 e. The van der Waals surface area contributed by atoms with Gasteiger partial charge >= 0.3 is 0 Å². The Morgan fingerprint density at radius 1 is 1.42 bits per heavy atom. The van der Waals surface area contributed by atoms with Gasteiger partial charge in [-0.05, 0) is 24.8 Å². The number of allylic oxidation sites excluding steroid dienone is 2. The molecule has 12 heavy (non-hydrogen) atoms. The smallest absolute Gasteiger partial charge is 0.156 e. The summed E-state index contributed by atoms with van der Waals surface area (Å²) < 4.78 is 0. The first-order chi connectivity index (χ1) is 5.49. The van der Waals surface area contributed by atoms with Crippen molar-refractivity contribution in [3.05, 3.63) is 18.2 Å². The van der Waals surface area contributed by atoms with Gasteiger partial charge in [-0.3, -0.25) is 4.79 Å². The fraction of sp³-hybridized carbons (Fsp3) is 0.600. The molecule has 0 bridgehead atoms. The van der Waals surface area contributed by atoms with Crippen LogP contribution in [0.2, 0.25) is 0 Å². The van der Waals surface area contributed by atoms with Crippen LogP contribution in [0.5, 0.6) is 0 Å². The predicted octanol–water partition coefficient (Wildman–Crippen LogP) is 2.42. The summed E-state index contributed by atoms with van der Waals surface area (Å²) in [5.41, 5.74) is 1.43. The number of hydrogen-bond acceptors (Lipinski definition) is 2. The molecule has 0 spiro atoms. The first-order valence-corrected chi connectivity index (χ1v) is 3.92. The molecule has 0 saturated heterocycles. The van der Waals surface area contributed by atoms with Crippen molar-refractivity contribution < 1.29 is 4.79 Å². The zero-order valence-corrected chi connectivity index (χ0v) is 7.85. The summed E-state index contributed by atoms with van der Waals surface area (Å²) in [5, 5.41) is 6.25. The predicted molar refractivity (Wildman–Crippen MR) is 46.7 cm³/mol. The minimum atomic E-state index is 0.204. The van der Waals surface area contributed by atoms with E-state index < -0.39 is 0 Å². The third-order valence-corrected chi connectivity index (χ3v) is 1.82. The normalized spacial score (nSPS) is 20.4. The van der Waals surface area contributed by atoms with Crippen LogP contribution < -0.4 is 0 Å². The van der Waals surface area contributed by atoms with Crippen LogP contribution in [0.25, 0.3) is 0 Å². The molecule has 1 aliphatic rings. The molecule has 2 heteroatoms. The average Bonchev–Trinajstić information content (AvgIpc) is 1.85. The molecule has 0 aromatic carbocycles. The third kappa shape index (κ3) is 3.34. The van der Waals surface area contributed by atoms with Gasteiger partial charge in [0.05, 0.1) is 0 Å². The lowest BCUT2D eigenvalue weighted by Crippen LogP contribution is -2.20. The molecule has 0 unspecified atom stereocenters. The van der Waals surface area contributed by atoms with Crippen molar-refractivity contribution in [3.63, 3.8) is 0 Å². The second-order valence-electron chi connectivity index (χ2n) is 3.97. The lowest BCUT2D eigenvalue weighted by Gasteiger charge is -2.27. The molecule has 0 N–H and O–H groups in total.